The SMILES string of the molecule is NCCCNc1cccc2ncc3sc4c(Cl)cc(F)cc4c(=O)c3c12. The highest BCUT2D eigenvalue weighted by molar-refractivity contribution is 7.25. The molecule has 0 aliphatic heterocycles. The molecule has 26 heavy (non-hydrogen) atoms. The molecule has 0 radical (unpaired) electrons. The lowest BCUT2D eigenvalue weighted by Gasteiger charge is -2.11. The molecule has 4 rings (SSSR count). The van der Waals surface area contributed by atoms with Crippen molar-refractivity contribution < 1.29 is 4.39 Å². The van der Waals surface area contributed by atoms with Crippen molar-refractivity contribution in [2.75, 3.05) is 18.4 Å². The van der Waals surface area contributed by atoms with E-state index in [1.165, 1.54) is 23.5 Å². The molecule has 2 aromatic carbocycles. The molecule has 0 aliphatic rings. The molecule has 0 bridgehead atoms. The minimum Gasteiger partial charge on any atom is -0.384 e. The van der Waals surface area contributed by atoms with Gasteiger partial charge < -0.3 is 11.1 Å². The Kier molecular flexibility index (Phi) is 4.48. The predicted molar refractivity (Wildman–Crippen MR) is 108 cm³/mol. The Labute approximate surface area is 157 Å². The van der Waals surface area contributed by atoms with Gasteiger partial charge in [0.25, 0.3) is 0 Å². The number of nitrogens with one attached hydrogen (secondary N) is 1. The Morgan fingerprint density at radius 1 is 1.27 bits per heavy atom. The van der Waals surface area contributed by atoms with E-state index in [1.54, 1.807) is 6.20 Å². The van der Waals surface area contributed by atoms with Crippen molar-refractivity contribution in [2.45, 2.75) is 6.42 Å². The number of pyridine rings is 1. The topological polar surface area (TPSA) is 68.0 Å². The first kappa shape index (κ1) is 17.1. The molecule has 2 heterocycles. The van der Waals surface area contributed by atoms with E-state index in [4.69, 9.17) is 17.3 Å². The van der Waals surface area contributed by atoms with Gasteiger partial charge in [0.1, 0.15) is 5.82 Å². The van der Waals surface area contributed by atoms with Crippen LogP contribution in [0.15, 0.2) is 41.3 Å². The number of anilines is 1. The standard InChI is InChI=1S/C19H15ClFN3OS/c20-12-8-10(21)7-11-18(25)17-15(26-19(11)12)9-24-14-4-1-3-13(16(14)17)23-6-2-5-22/h1,3-4,7-9,23H,2,5-6,22H2. The maximum absolute atomic E-state index is 13.8. The Morgan fingerprint density at radius 2 is 2.12 bits per heavy atom. The number of nitrogens with zero attached hydrogens (tertiary/aromatic N) is 1. The van der Waals surface area contributed by atoms with Crippen molar-refractivity contribution in [1.29, 1.82) is 0 Å². The molecule has 0 spiro atoms. The highest BCUT2D eigenvalue weighted by Crippen LogP contribution is 2.35. The van der Waals surface area contributed by atoms with E-state index in [9.17, 15) is 9.18 Å². The maximum Gasteiger partial charge on any atom is 0.196 e. The summed E-state index contributed by atoms with van der Waals surface area (Å²) in [4.78, 5) is 17.7. The molecule has 7 heteroatoms. The van der Waals surface area contributed by atoms with Gasteiger partial charge in [-0.2, -0.15) is 0 Å². The summed E-state index contributed by atoms with van der Waals surface area (Å²) in [6.45, 7) is 1.27. The van der Waals surface area contributed by atoms with Crippen LogP contribution in [0.5, 0.6) is 0 Å². The van der Waals surface area contributed by atoms with Crippen molar-refractivity contribution in [2.24, 2.45) is 5.73 Å². The number of hydrogen-bond acceptors (Lipinski definition) is 5. The smallest absolute Gasteiger partial charge is 0.196 e. The molecule has 0 aliphatic carbocycles. The van der Waals surface area contributed by atoms with E-state index in [-0.39, 0.29) is 15.8 Å². The molecule has 4 aromatic rings. The number of hydrogen-bond donors (Lipinski definition) is 2. The van der Waals surface area contributed by atoms with Gasteiger partial charge in [-0.3, -0.25) is 9.78 Å². The Bertz CT molecular complexity index is 1210. The van der Waals surface area contributed by atoms with E-state index >= 15 is 0 Å². The molecule has 2 aromatic heterocycles. The summed E-state index contributed by atoms with van der Waals surface area (Å²) >= 11 is 7.50. The van der Waals surface area contributed by atoms with Gasteiger partial charge in [-0.1, -0.05) is 17.7 Å². The summed E-state index contributed by atoms with van der Waals surface area (Å²) < 4.78 is 15.1. The third kappa shape index (κ3) is 2.80. The van der Waals surface area contributed by atoms with Crippen molar-refractivity contribution in [3.63, 3.8) is 0 Å². The van der Waals surface area contributed by atoms with Crippen LogP contribution in [-0.4, -0.2) is 18.1 Å². The second-order valence-electron chi connectivity index (χ2n) is 5.96. The fraction of sp³-hybridized carbons (Fsp3) is 0.158. The lowest BCUT2D eigenvalue weighted by molar-refractivity contribution is 0.630. The van der Waals surface area contributed by atoms with Crippen molar-refractivity contribution in [3.05, 3.63) is 57.6 Å². The zero-order valence-electron chi connectivity index (χ0n) is 13.7. The van der Waals surface area contributed by atoms with Crippen LogP contribution in [0.3, 0.4) is 0 Å². The summed E-state index contributed by atoms with van der Waals surface area (Å²) in [5.74, 6) is -0.522. The van der Waals surface area contributed by atoms with Crippen LogP contribution in [-0.2, 0) is 0 Å². The Morgan fingerprint density at radius 3 is 2.92 bits per heavy atom. The summed E-state index contributed by atoms with van der Waals surface area (Å²) in [7, 11) is 0. The van der Waals surface area contributed by atoms with E-state index in [0.29, 0.717) is 28.7 Å². The third-order valence-corrected chi connectivity index (χ3v) is 5.83. The molecule has 0 atom stereocenters. The minimum absolute atomic E-state index is 0.235. The molecule has 0 saturated carbocycles. The fourth-order valence-corrected chi connectivity index (χ4v) is 4.44. The molecule has 0 amide bonds. The Balaban J connectivity index is 2.11. The van der Waals surface area contributed by atoms with Crippen molar-refractivity contribution in [3.8, 4) is 0 Å². The molecular weight excluding hydrogens is 373 g/mol. The normalized spacial score (nSPS) is 11.5. The molecule has 4 nitrogen and oxygen atoms in total. The number of rotatable bonds is 4. The average Bonchev–Trinajstić information content (AvgIpc) is 2.63. The van der Waals surface area contributed by atoms with Crippen molar-refractivity contribution in [1.82, 2.24) is 4.98 Å². The number of aromatic nitrogens is 1. The first-order valence-electron chi connectivity index (χ1n) is 8.17. The van der Waals surface area contributed by atoms with Crippen LogP contribution in [0.1, 0.15) is 6.42 Å². The van der Waals surface area contributed by atoms with Gasteiger partial charge in [-0.25, -0.2) is 4.39 Å². The van der Waals surface area contributed by atoms with Crippen molar-refractivity contribution >= 4 is 59.7 Å². The van der Waals surface area contributed by atoms with Crippen LogP contribution >= 0.6 is 22.9 Å². The zero-order chi connectivity index (χ0) is 18.3. The molecule has 0 saturated heterocycles. The molecule has 0 unspecified atom stereocenters. The summed E-state index contributed by atoms with van der Waals surface area (Å²) in [5, 5.41) is 5.12. The third-order valence-electron chi connectivity index (χ3n) is 4.25. The van der Waals surface area contributed by atoms with Gasteiger partial charge in [-0.05, 0) is 37.2 Å². The zero-order valence-corrected chi connectivity index (χ0v) is 15.3. The Hall–Kier alpha value is -2.28. The first-order chi connectivity index (χ1) is 12.6. The van der Waals surface area contributed by atoms with E-state index in [1.807, 2.05) is 18.2 Å². The van der Waals surface area contributed by atoms with E-state index in [2.05, 4.69) is 10.3 Å². The van der Waals surface area contributed by atoms with Gasteiger partial charge in [0.2, 0.25) is 0 Å². The molecule has 3 N–H and O–H groups in total. The van der Waals surface area contributed by atoms with Gasteiger partial charge in [-0.15, -0.1) is 11.3 Å². The molecule has 0 fully saturated rings. The largest absolute Gasteiger partial charge is 0.384 e. The van der Waals surface area contributed by atoms with Crippen LogP contribution < -0.4 is 16.5 Å². The second-order valence-corrected chi connectivity index (χ2v) is 7.42. The lowest BCUT2D eigenvalue weighted by Crippen LogP contribution is -2.10. The quantitative estimate of drug-likeness (QED) is 0.307. The van der Waals surface area contributed by atoms with E-state index in [0.717, 1.165) is 22.2 Å². The summed E-state index contributed by atoms with van der Waals surface area (Å²) in [5.41, 5.74) is 6.85. The van der Waals surface area contributed by atoms with Crippen LogP contribution in [0.4, 0.5) is 10.1 Å². The highest BCUT2D eigenvalue weighted by Gasteiger charge is 2.15. The van der Waals surface area contributed by atoms with E-state index < -0.39 is 5.82 Å². The predicted octanol–water partition coefficient (Wildman–Crippen LogP) is 4.52. The summed E-state index contributed by atoms with van der Waals surface area (Å²) in [6.07, 6.45) is 2.48. The average molecular weight is 388 g/mol. The highest BCUT2D eigenvalue weighted by atomic mass is 35.5. The second kappa shape index (κ2) is 6.79. The van der Waals surface area contributed by atoms with Gasteiger partial charge >= 0.3 is 0 Å². The van der Waals surface area contributed by atoms with Gasteiger partial charge in [0, 0.05) is 29.2 Å². The van der Waals surface area contributed by atoms with Crippen LogP contribution in [0.25, 0.3) is 31.1 Å². The number of fused-ring (bicyclic) bond motifs is 4. The number of benzene rings is 2. The maximum atomic E-state index is 13.8. The first-order valence-corrected chi connectivity index (χ1v) is 9.37. The number of halogens is 2. The van der Waals surface area contributed by atoms with Gasteiger partial charge in [0.05, 0.1) is 25.3 Å². The minimum atomic E-state index is -0.522. The fourth-order valence-electron chi connectivity index (χ4n) is 3.08. The summed E-state index contributed by atoms with van der Waals surface area (Å²) in [6, 6.07) is 8.12. The monoisotopic (exact) mass is 387 g/mol. The molecular formula is C19H15ClFN3OS. The van der Waals surface area contributed by atoms with Gasteiger partial charge in [0.15, 0.2) is 5.43 Å². The molecule has 132 valence electrons. The lowest BCUT2D eigenvalue weighted by atomic mass is 10.1. The van der Waals surface area contributed by atoms with Crippen LogP contribution in [0.2, 0.25) is 5.02 Å². The number of nitrogens with two attached hydrogens (primary N) is 1. The van der Waals surface area contributed by atoms with Crippen LogP contribution in [0, 0.1) is 5.82 Å².